The van der Waals surface area contributed by atoms with Crippen LogP contribution in [0.1, 0.15) is 34.7 Å². The highest BCUT2D eigenvalue weighted by atomic mass is 16.5. The van der Waals surface area contributed by atoms with Gasteiger partial charge in [0.2, 0.25) is 0 Å². The zero-order valence-corrected chi connectivity index (χ0v) is 15.9. The van der Waals surface area contributed by atoms with E-state index in [2.05, 4.69) is 10.3 Å². The van der Waals surface area contributed by atoms with Gasteiger partial charge in [0, 0.05) is 10.8 Å². The molecule has 0 atom stereocenters. The molecule has 0 saturated carbocycles. The van der Waals surface area contributed by atoms with Gasteiger partial charge in [-0.3, -0.25) is 14.4 Å². The summed E-state index contributed by atoms with van der Waals surface area (Å²) in [6.07, 6.45) is 1.23. The minimum absolute atomic E-state index is 0.0168. The molecule has 1 amide bonds. The number of para-hydroxylation sites is 1. The normalized spacial score (nSPS) is 10.7. The fourth-order valence-electron chi connectivity index (χ4n) is 3.11. The number of fused-ring (bicyclic) bond motifs is 3. The maximum atomic E-state index is 12.5. The van der Waals surface area contributed by atoms with E-state index in [-0.39, 0.29) is 31.0 Å². The Hall–Kier alpha value is -3.75. The Morgan fingerprint density at radius 1 is 1.10 bits per heavy atom. The zero-order valence-electron chi connectivity index (χ0n) is 15.9. The zero-order chi connectivity index (χ0) is 21.0. The van der Waals surface area contributed by atoms with Crippen LogP contribution in [0.3, 0.4) is 0 Å². The van der Waals surface area contributed by atoms with Crippen molar-refractivity contribution in [2.45, 2.75) is 13.8 Å². The lowest BCUT2D eigenvalue weighted by Gasteiger charge is -2.08. The molecule has 0 fully saturated rings. The van der Waals surface area contributed by atoms with Gasteiger partial charge in [0.05, 0.1) is 36.0 Å². The lowest BCUT2D eigenvalue weighted by Crippen LogP contribution is -2.32. The fourth-order valence-corrected chi connectivity index (χ4v) is 3.11. The van der Waals surface area contributed by atoms with Crippen molar-refractivity contribution < 1.29 is 28.7 Å². The topological polar surface area (TPSA) is 117 Å². The number of rotatable bonds is 6. The number of nitrogens with one attached hydrogen (secondary N) is 1. The average Bonchev–Trinajstić information content (AvgIpc) is 3.06. The summed E-state index contributed by atoms with van der Waals surface area (Å²) in [5, 5.41) is 3.39. The molecular formula is C20H19N3O6. The van der Waals surface area contributed by atoms with Gasteiger partial charge in [-0.05, 0) is 19.9 Å². The minimum Gasteiger partial charge on any atom is -0.465 e. The van der Waals surface area contributed by atoms with Crippen LogP contribution in [0, 0.1) is 0 Å². The van der Waals surface area contributed by atoms with E-state index in [1.54, 1.807) is 38.1 Å². The summed E-state index contributed by atoms with van der Waals surface area (Å²) in [6, 6.07) is 6.95. The van der Waals surface area contributed by atoms with Gasteiger partial charge in [0.1, 0.15) is 12.2 Å². The number of amides is 1. The van der Waals surface area contributed by atoms with Gasteiger partial charge in [-0.15, -0.1) is 0 Å². The molecule has 3 aromatic rings. The van der Waals surface area contributed by atoms with E-state index in [9.17, 15) is 19.2 Å². The molecular weight excluding hydrogens is 378 g/mol. The van der Waals surface area contributed by atoms with Crippen LogP contribution in [0.4, 0.5) is 4.79 Å². The number of carbonyl (C=O) groups is 4. The molecule has 0 aliphatic heterocycles. The number of nitrogens with zero attached hydrogens (tertiary/aromatic N) is 2. The summed E-state index contributed by atoms with van der Waals surface area (Å²) < 4.78 is 11.2. The molecule has 1 N–H and O–H groups in total. The van der Waals surface area contributed by atoms with Crippen LogP contribution < -0.4 is 5.32 Å². The maximum Gasteiger partial charge on any atom is 0.419 e. The smallest absolute Gasteiger partial charge is 0.419 e. The second-order valence-corrected chi connectivity index (χ2v) is 5.94. The molecule has 1 aromatic carbocycles. The monoisotopic (exact) mass is 397 g/mol. The number of hydrogen-bond acceptors (Lipinski definition) is 7. The van der Waals surface area contributed by atoms with Crippen molar-refractivity contribution in [3.8, 4) is 0 Å². The Morgan fingerprint density at radius 3 is 2.52 bits per heavy atom. The third-order valence-corrected chi connectivity index (χ3v) is 4.23. The molecule has 9 heteroatoms. The van der Waals surface area contributed by atoms with Crippen LogP contribution in [0.5, 0.6) is 0 Å². The van der Waals surface area contributed by atoms with Crippen molar-refractivity contribution in [3.63, 3.8) is 0 Å². The minimum atomic E-state index is -0.699. The van der Waals surface area contributed by atoms with E-state index in [0.29, 0.717) is 28.1 Å². The molecule has 2 aromatic heterocycles. The molecule has 3 rings (SSSR count). The van der Waals surface area contributed by atoms with E-state index < -0.39 is 18.0 Å². The molecule has 0 unspecified atom stereocenters. The SMILES string of the molecule is CCOC(=O)CNC(=O)c1ncc2c(c1C=O)c1ccccc1n2C(=O)OCC. The van der Waals surface area contributed by atoms with Crippen molar-refractivity contribution in [2.24, 2.45) is 0 Å². The molecule has 0 radical (unpaired) electrons. The van der Waals surface area contributed by atoms with E-state index >= 15 is 0 Å². The van der Waals surface area contributed by atoms with E-state index in [1.807, 2.05) is 0 Å². The maximum absolute atomic E-state index is 12.5. The number of ether oxygens (including phenoxy) is 2. The molecule has 9 nitrogen and oxygen atoms in total. The first-order chi connectivity index (χ1) is 14.0. The Bertz CT molecular complexity index is 1120. The van der Waals surface area contributed by atoms with Crippen LogP contribution in [0.15, 0.2) is 30.5 Å². The number of aldehydes is 1. The number of benzene rings is 1. The number of pyridine rings is 1. The lowest BCUT2D eigenvalue weighted by atomic mass is 10.1. The summed E-state index contributed by atoms with van der Waals surface area (Å²) in [5.74, 6) is -1.30. The molecule has 150 valence electrons. The van der Waals surface area contributed by atoms with Gasteiger partial charge >= 0.3 is 12.1 Å². The van der Waals surface area contributed by atoms with Crippen LogP contribution in [-0.4, -0.2) is 53.6 Å². The lowest BCUT2D eigenvalue weighted by molar-refractivity contribution is -0.141. The molecule has 2 heterocycles. The predicted molar refractivity (Wildman–Crippen MR) is 104 cm³/mol. The average molecular weight is 397 g/mol. The Kier molecular flexibility index (Phi) is 5.87. The summed E-state index contributed by atoms with van der Waals surface area (Å²) in [4.78, 5) is 52.5. The third-order valence-electron chi connectivity index (χ3n) is 4.23. The first kappa shape index (κ1) is 20.0. The Balaban J connectivity index is 2.15. The van der Waals surface area contributed by atoms with Crippen LogP contribution in [0.2, 0.25) is 0 Å². The third kappa shape index (κ3) is 3.66. The van der Waals surface area contributed by atoms with Crippen molar-refractivity contribution in [1.82, 2.24) is 14.9 Å². The van der Waals surface area contributed by atoms with Gasteiger partial charge in [-0.2, -0.15) is 0 Å². The number of aromatic nitrogens is 2. The van der Waals surface area contributed by atoms with Gasteiger partial charge in [0.15, 0.2) is 6.29 Å². The van der Waals surface area contributed by atoms with Crippen LogP contribution >= 0.6 is 0 Å². The number of hydrogen-bond donors (Lipinski definition) is 1. The van der Waals surface area contributed by atoms with Crippen molar-refractivity contribution >= 4 is 46.1 Å². The van der Waals surface area contributed by atoms with Gasteiger partial charge in [0.25, 0.3) is 5.91 Å². The second-order valence-electron chi connectivity index (χ2n) is 5.94. The highest BCUT2D eigenvalue weighted by molar-refractivity contribution is 6.20. The highest BCUT2D eigenvalue weighted by Crippen LogP contribution is 2.32. The quantitative estimate of drug-likeness (QED) is 0.501. The van der Waals surface area contributed by atoms with Crippen molar-refractivity contribution in [1.29, 1.82) is 0 Å². The summed E-state index contributed by atoms with van der Waals surface area (Å²) >= 11 is 0. The summed E-state index contributed by atoms with van der Waals surface area (Å²) in [7, 11) is 0. The van der Waals surface area contributed by atoms with E-state index in [4.69, 9.17) is 9.47 Å². The molecule has 0 aliphatic carbocycles. The van der Waals surface area contributed by atoms with Crippen molar-refractivity contribution in [3.05, 3.63) is 41.7 Å². The highest BCUT2D eigenvalue weighted by Gasteiger charge is 2.24. The first-order valence-corrected chi connectivity index (χ1v) is 9.01. The first-order valence-electron chi connectivity index (χ1n) is 9.01. The standard InChI is InChI=1S/C20H19N3O6/c1-3-28-16(25)10-22-19(26)18-13(11-24)17-12-7-5-6-8-14(12)23(15(17)9-21-18)20(27)29-4-2/h5-9,11H,3-4,10H2,1-2H3,(H,22,26). The van der Waals surface area contributed by atoms with Crippen LogP contribution in [0.25, 0.3) is 21.8 Å². The van der Waals surface area contributed by atoms with Crippen LogP contribution in [-0.2, 0) is 14.3 Å². The molecule has 0 saturated heterocycles. The summed E-state index contributed by atoms with van der Waals surface area (Å²) in [5.41, 5.74) is 0.732. The van der Waals surface area contributed by atoms with Gasteiger partial charge in [-0.1, -0.05) is 18.2 Å². The molecule has 0 aliphatic rings. The predicted octanol–water partition coefficient (Wildman–Crippen LogP) is 2.30. The largest absolute Gasteiger partial charge is 0.465 e. The molecule has 29 heavy (non-hydrogen) atoms. The Morgan fingerprint density at radius 2 is 1.83 bits per heavy atom. The summed E-state index contributed by atoms with van der Waals surface area (Å²) in [6.45, 7) is 3.35. The number of esters is 1. The molecule has 0 bridgehead atoms. The van der Waals surface area contributed by atoms with E-state index in [0.717, 1.165) is 0 Å². The number of carbonyl (C=O) groups excluding carboxylic acids is 4. The van der Waals surface area contributed by atoms with Gasteiger partial charge < -0.3 is 14.8 Å². The fraction of sp³-hybridized carbons (Fsp3) is 0.250. The van der Waals surface area contributed by atoms with Crippen molar-refractivity contribution in [2.75, 3.05) is 19.8 Å². The van der Waals surface area contributed by atoms with E-state index in [1.165, 1.54) is 10.8 Å². The molecule has 0 spiro atoms. The Labute approximate surface area is 165 Å². The second kappa shape index (κ2) is 8.51. The van der Waals surface area contributed by atoms with Gasteiger partial charge in [-0.25, -0.2) is 14.3 Å².